The molecule has 3 aromatic rings. The summed E-state index contributed by atoms with van der Waals surface area (Å²) in [7, 11) is 3.09. The first-order valence-electron chi connectivity index (χ1n) is 10.5. The molecule has 0 unspecified atom stereocenters. The summed E-state index contributed by atoms with van der Waals surface area (Å²) < 4.78 is 23.1. The van der Waals surface area contributed by atoms with E-state index in [9.17, 15) is 4.79 Å². The molecule has 0 amide bonds. The summed E-state index contributed by atoms with van der Waals surface area (Å²) in [6.45, 7) is 3.38. The maximum atomic E-state index is 13.3. The molecule has 0 aliphatic carbocycles. The van der Waals surface area contributed by atoms with E-state index in [0.717, 1.165) is 25.2 Å². The zero-order valence-corrected chi connectivity index (χ0v) is 17.9. The Morgan fingerprint density at radius 2 is 1.77 bits per heavy atom. The summed E-state index contributed by atoms with van der Waals surface area (Å²) in [5.74, 6) is 0.948. The van der Waals surface area contributed by atoms with Gasteiger partial charge in [0.2, 0.25) is 5.75 Å². The summed E-state index contributed by atoms with van der Waals surface area (Å²) in [5, 5.41) is 0.669. The van der Waals surface area contributed by atoms with Gasteiger partial charge in [0.1, 0.15) is 17.9 Å². The van der Waals surface area contributed by atoms with Gasteiger partial charge in [0.15, 0.2) is 17.1 Å². The topological polar surface area (TPSA) is 61.1 Å². The van der Waals surface area contributed by atoms with Gasteiger partial charge in [0.25, 0.3) is 0 Å². The molecule has 1 aliphatic heterocycles. The molecule has 0 radical (unpaired) electrons. The van der Waals surface area contributed by atoms with Crippen LogP contribution in [0.3, 0.4) is 0 Å². The molecule has 2 heterocycles. The Hall–Kier alpha value is -3.25. The zero-order chi connectivity index (χ0) is 21.6. The van der Waals surface area contributed by atoms with Gasteiger partial charge in [0.05, 0.1) is 25.9 Å². The second-order valence-corrected chi connectivity index (χ2v) is 7.44. The van der Waals surface area contributed by atoms with Crippen molar-refractivity contribution in [1.29, 1.82) is 0 Å². The molecule has 0 N–H and O–H groups in total. The van der Waals surface area contributed by atoms with Crippen LogP contribution in [0.4, 0.5) is 0 Å². The number of fused-ring (bicyclic) bond motifs is 1. The molecule has 31 heavy (non-hydrogen) atoms. The quantitative estimate of drug-likeness (QED) is 0.365. The molecule has 1 saturated heterocycles. The number of benzene rings is 2. The van der Waals surface area contributed by atoms with E-state index in [2.05, 4.69) is 4.90 Å². The number of ketones is 1. The smallest absolute Gasteiger partial charge is 0.205 e. The first-order chi connectivity index (χ1) is 15.2. The van der Waals surface area contributed by atoms with Gasteiger partial charge in [-0.25, -0.2) is 0 Å². The highest BCUT2D eigenvalue weighted by atomic mass is 16.5. The molecule has 0 atom stereocenters. The predicted molar refractivity (Wildman–Crippen MR) is 120 cm³/mol. The van der Waals surface area contributed by atoms with Gasteiger partial charge < -0.3 is 18.6 Å². The third-order valence-electron chi connectivity index (χ3n) is 5.51. The Kier molecular flexibility index (Phi) is 6.57. The van der Waals surface area contributed by atoms with Crippen LogP contribution in [0.5, 0.6) is 17.2 Å². The molecule has 2 aromatic carbocycles. The minimum atomic E-state index is -0.224. The van der Waals surface area contributed by atoms with Crippen molar-refractivity contribution < 1.29 is 23.4 Å². The highest BCUT2D eigenvalue weighted by Crippen LogP contribution is 2.46. The van der Waals surface area contributed by atoms with Crippen molar-refractivity contribution in [2.24, 2.45) is 0 Å². The summed E-state index contributed by atoms with van der Waals surface area (Å²) in [5.41, 5.74) is 1.77. The van der Waals surface area contributed by atoms with E-state index in [-0.39, 0.29) is 5.78 Å². The fraction of sp³-hybridized carbons (Fsp3) is 0.320. The van der Waals surface area contributed by atoms with E-state index in [4.69, 9.17) is 18.6 Å². The van der Waals surface area contributed by atoms with Gasteiger partial charge in [-0.2, -0.15) is 0 Å². The van der Waals surface area contributed by atoms with Crippen LogP contribution in [0.15, 0.2) is 53.2 Å². The summed E-state index contributed by atoms with van der Waals surface area (Å²) in [6.07, 6.45) is 7.29. The van der Waals surface area contributed by atoms with Gasteiger partial charge >= 0.3 is 0 Å². The lowest BCUT2D eigenvalue weighted by molar-refractivity contribution is 0.103. The number of hydrogen-bond acceptors (Lipinski definition) is 6. The normalized spacial score (nSPS) is 14.4. The second kappa shape index (κ2) is 9.71. The monoisotopic (exact) mass is 421 g/mol. The number of ether oxygens (including phenoxy) is 3. The fourth-order valence-electron chi connectivity index (χ4n) is 3.98. The van der Waals surface area contributed by atoms with Crippen molar-refractivity contribution in [3.63, 3.8) is 0 Å². The molecular weight excluding hydrogens is 394 g/mol. The van der Waals surface area contributed by atoms with E-state index in [1.807, 2.05) is 30.3 Å². The number of rotatable bonds is 9. The summed E-state index contributed by atoms with van der Waals surface area (Å²) in [4.78, 5) is 15.7. The Bertz CT molecular complexity index is 1060. The van der Waals surface area contributed by atoms with Crippen molar-refractivity contribution in [2.45, 2.75) is 12.8 Å². The predicted octanol–water partition coefficient (Wildman–Crippen LogP) is 4.82. The van der Waals surface area contributed by atoms with Crippen LogP contribution in [-0.4, -0.2) is 51.1 Å². The number of hydrogen-bond donors (Lipinski definition) is 0. The SMILES string of the molecule is COc1c(C(=O)/C=C/c2ccccc2)c(OCCN2CCCC2)c(OC)c2occc12. The first kappa shape index (κ1) is 21.0. The minimum Gasteiger partial charge on any atom is -0.495 e. The third-order valence-corrected chi connectivity index (χ3v) is 5.51. The highest BCUT2D eigenvalue weighted by molar-refractivity contribution is 6.15. The number of carbonyl (C=O) groups excluding carboxylic acids is 1. The second-order valence-electron chi connectivity index (χ2n) is 7.44. The van der Waals surface area contributed by atoms with E-state index >= 15 is 0 Å². The van der Waals surface area contributed by atoms with E-state index < -0.39 is 0 Å². The lowest BCUT2D eigenvalue weighted by atomic mass is 10.0. The van der Waals surface area contributed by atoms with Crippen molar-refractivity contribution in [1.82, 2.24) is 4.90 Å². The Balaban J connectivity index is 1.72. The van der Waals surface area contributed by atoms with Gasteiger partial charge in [-0.3, -0.25) is 9.69 Å². The molecule has 6 heteroatoms. The molecule has 1 fully saturated rings. The van der Waals surface area contributed by atoms with E-state index in [0.29, 0.717) is 40.4 Å². The maximum absolute atomic E-state index is 13.3. The molecular formula is C25H27NO5. The molecule has 6 nitrogen and oxygen atoms in total. The average Bonchev–Trinajstić information content (AvgIpc) is 3.49. The minimum absolute atomic E-state index is 0.224. The molecule has 0 spiro atoms. The van der Waals surface area contributed by atoms with Gasteiger partial charge in [-0.15, -0.1) is 0 Å². The third kappa shape index (κ3) is 4.44. The molecule has 0 saturated carbocycles. The standard InChI is InChI=1S/C25H27NO5/c1-28-22-19-12-16-30-23(19)25(29-2)24(31-17-15-26-13-6-7-14-26)21(22)20(27)11-10-18-8-4-3-5-9-18/h3-5,8-12,16H,6-7,13-15,17H2,1-2H3/b11-10+. The van der Waals surface area contributed by atoms with Crippen LogP contribution in [0.2, 0.25) is 0 Å². The van der Waals surface area contributed by atoms with Gasteiger partial charge in [-0.05, 0) is 43.6 Å². The van der Waals surface area contributed by atoms with Crippen LogP contribution in [0.25, 0.3) is 17.0 Å². The number of allylic oxidation sites excluding steroid dienone is 1. The van der Waals surface area contributed by atoms with Gasteiger partial charge in [0, 0.05) is 6.54 Å². The first-order valence-corrected chi connectivity index (χ1v) is 10.5. The molecule has 1 aliphatic rings. The van der Waals surface area contributed by atoms with Crippen LogP contribution in [-0.2, 0) is 0 Å². The molecule has 162 valence electrons. The maximum Gasteiger partial charge on any atom is 0.205 e. The number of nitrogens with zero attached hydrogens (tertiary/aromatic N) is 1. The van der Waals surface area contributed by atoms with E-state index in [1.165, 1.54) is 18.9 Å². The van der Waals surface area contributed by atoms with Crippen molar-refractivity contribution in [3.8, 4) is 17.2 Å². The number of furan rings is 1. The van der Waals surface area contributed by atoms with Crippen molar-refractivity contribution >= 4 is 22.8 Å². The van der Waals surface area contributed by atoms with Crippen LogP contribution < -0.4 is 14.2 Å². The van der Waals surface area contributed by atoms with Gasteiger partial charge in [-0.1, -0.05) is 36.4 Å². The Morgan fingerprint density at radius 3 is 2.48 bits per heavy atom. The van der Waals surface area contributed by atoms with Crippen LogP contribution >= 0.6 is 0 Å². The van der Waals surface area contributed by atoms with Crippen LogP contribution in [0.1, 0.15) is 28.8 Å². The zero-order valence-electron chi connectivity index (χ0n) is 17.9. The summed E-state index contributed by atoms with van der Waals surface area (Å²) >= 11 is 0. The van der Waals surface area contributed by atoms with E-state index in [1.54, 1.807) is 32.6 Å². The molecule has 0 bridgehead atoms. The van der Waals surface area contributed by atoms with Crippen LogP contribution in [0, 0.1) is 0 Å². The average molecular weight is 421 g/mol. The Morgan fingerprint density at radius 1 is 1.03 bits per heavy atom. The van der Waals surface area contributed by atoms with Crippen molar-refractivity contribution in [2.75, 3.05) is 40.5 Å². The largest absolute Gasteiger partial charge is 0.495 e. The summed E-state index contributed by atoms with van der Waals surface area (Å²) in [6, 6.07) is 11.4. The highest BCUT2D eigenvalue weighted by Gasteiger charge is 2.28. The molecule has 4 rings (SSSR count). The lowest BCUT2D eigenvalue weighted by Gasteiger charge is -2.19. The number of methoxy groups -OCH3 is 2. The molecule has 1 aromatic heterocycles. The Labute approximate surface area is 182 Å². The number of carbonyl (C=O) groups is 1. The lowest BCUT2D eigenvalue weighted by Crippen LogP contribution is -2.25. The fourth-order valence-corrected chi connectivity index (χ4v) is 3.98. The van der Waals surface area contributed by atoms with Crippen molar-refractivity contribution in [3.05, 3.63) is 59.9 Å². The number of likely N-dealkylation sites (tertiary alicyclic amines) is 1.